The molecule has 1 rings (SSSR count). The lowest BCUT2D eigenvalue weighted by atomic mass is 9.89. The summed E-state index contributed by atoms with van der Waals surface area (Å²) >= 11 is 5.27. The first-order chi connectivity index (χ1) is 5.97. The summed E-state index contributed by atoms with van der Waals surface area (Å²) in [5.74, 6) is 0. The maximum Gasteiger partial charge on any atom is 0.225 e. The van der Waals surface area contributed by atoms with Crippen LogP contribution in [0.15, 0.2) is 0 Å². The second kappa shape index (κ2) is 4.15. The van der Waals surface area contributed by atoms with E-state index in [1.807, 2.05) is 0 Å². The van der Waals surface area contributed by atoms with E-state index in [0.717, 1.165) is 12.8 Å². The number of alkyl halides is 1. The van der Waals surface area contributed by atoms with Crippen LogP contribution in [0, 0.1) is 5.41 Å². The van der Waals surface area contributed by atoms with Gasteiger partial charge in [-0.05, 0) is 18.3 Å². The van der Waals surface area contributed by atoms with Crippen molar-refractivity contribution in [2.24, 2.45) is 5.41 Å². The summed E-state index contributed by atoms with van der Waals surface area (Å²) in [6, 6.07) is 0. The zero-order valence-electron chi connectivity index (χ0n) is 7.85. The minimum atomic E-state index is -3.23. The van der Waals surface area contributed by atoms with Crippen LogP contribution in [0.3, 0.4) is 0 Å². The highest BCUT2D eigenvalue weighted by Crippen LogP contribution is 2.36. The largest absolute Gasteiger partial charge is 0.225 e. The van der Waals surface area contributed by atoms with Crippen molar-refractivity contribution in [1.29, 1.82) is 0 Å². The molecule has 1 aliphatic rings. The van der Waals surface area contributed by atoms with Crippen LogP contribution in [0.25, 0.3) is 0 Å². The molecule has 0 radical (unpaired) electrons. The van der Waals surface area contributed by atoms with E-state index in [-0.39, 0.29) is 10.6 Å². The second-order valence-electron chi connectivity index (χ2n) is 4.06. The van der Waals surface area contributed by atoms with Crippen LogP contribution >= 0.6 is 11.6 Å². The van der Waals surface area contributed by atoms with Crippen LogP contribution in [0.5, 0.6) is 0 Å². The number of halogens is 1. The van der Waals surface area contributed by atoms with Crippen molar-refractivity contribution in [2.75, 3.05) is 11.8 Å². The molecule has 0 heterocycles. The summed E-state index contributed by atoms with van der Waals surface area (Å²) in [5.41, 5.74) is 0.152. The Morgan fingerprint density at radius 2 is 1.92 bits per heavy atom. The average Bonchev–Trinajstić information content (AvgIpc) is 2.50. The highest BCUT2D eigenvalue weighted by Gasteiger charge is 2.29. The normalized spacial score (nSPS) is 22.0. The summed E-state index contributed by atoms with van der Waals surface area (Å²) < 4.78 is 24.6. The van der Waals surface area contributed by atoms with Crippen molar-refractivity contribution in [3.63, 3.8) is 0 Å². The third-order valence-electron chi connectivity index (χ3n) is 2.67. The lowest BCUT2D eigenvalue weighted by molar-refractivity contribution is 0.336. The van der Waals surface area contributed by atoms with E-state index in [1.54, 1.807) is 0 Å². The summed E-state index contributed by atoms with van der Waals surface area (Å²) in [7, 11) is -3.23. The van der Waals surface area contributed by atoms with Gasteiger partial charge in [-0.25, -0.2) is 13.1 Å². The van der Waals surface area contributed by atoms with Crippen molar-refractivity contribution >= 4 is 21.6 Å². The number of hydrogen-bond acceptors (Lipinski definition) is 2. The van der Waals surface area contributed by atoms with E-state index in [2.05, 4.69) is 11.6 Å². The maximum absolute atomic E-state index is 11.1. The molecule has 1 N–H and O–H groups in total. The van der Waals surface area contributed by atoms with Gasteiger partial charge in [-0.15, -0.1) is 11.6 Å². The van der Waals surface area contributed by atoms with Crippen molar-refractivity contribution in [3.05, 3.63) is 0 Å². The van der Waals surface area contributed by atoms with Crippen molar-refractivity contribution in [2.45, 2.75) is 32.6 Å². The Morgan fingerprint density at radius 1 is 1.38 bits per heavy atom. The fourth-order valence-corrected chi connectivity index (χ4v) is 2.61. The molecule has 3 nitrogen and oxygen atoms in total. The molecule has 1 aliphatic carbocycles. The van der Waals surface area contributed by atoms with Gasteiger partial charge in [-0.3, -0.25) is 0 Å². The van der Waals surface area contributed by atoms with E-state index in [4.69, 9.17) is 11.6 Å². The minimum Gasteiger partial charge on any atom is -0.214 e. The van der Waals surface area contributed by atoms with Gasteiger partial charge < -0.3 is 0 Å². The van der Waals surface area contributed by atoms with Crippen LogP contribution in [-0.4, -0.2) is 20.2 Å². The third kappa shape index (κ3) is 3.44. The van der Waals surface area contributed by atoms with Gasteiger partial charge in [0.2, 0.25) is 10.0 Å². The van der Waals surface area contributed by atoms with Gasteiger partial charge in [0, 0.05) is 6.54 Å². The lowest BCUT2D eigenvalue weighted by Crippen LogP contribution is -2.34. The van der Waals surface area contributed by atoms with E-state index in [0.29, 0.717) is 6.54 Å². The molecule has 0 aromatic heterocycles. The lowest BCUT2D eigenvalue weighted by Gasteiger charge is -2.23. The van der Waals surface area contributed by atoms with Crippen LogP contribution in [-0.2, 0) is 10.0 Å². The Bertz CT molecular complexity index is 257. The Balaban J connectivity index is 2.42. The molecule has 0 aliphatic heterocycles. The molecule has 0 spiro atoms. The molecule has 0 saturated heterocycles. The molecule has 0 aromatic rings. The molecule has 1 saturated carbocycles. The Morgan fingerprint density at radius 3 is 2.38 bits per heavy atom. The predicted molar refractivity (Wildman–Crippen MR) is 54.2 cm³/mol. The second-order valence-corrected chi connectivity index (χ2v) is 6.45. The molecule has 0 amide bonds. The van der Waals surface area contributed by atoms with Gasteiger partial charge in [0.25, 0.3) is 0 Å². The molecular weight excluding hydrogens is 210 g/mol. The van der Waals surface area contributed by atoms with E-state index >= 15 is 0 Å². The van der Waals surface area contributed by atoms with Crippen LogP contribution in [0.1, 0.15) is 32.6 Å². The number of hydrogen-bond donors (Lipinski definition) is 1. The van der Waals surface area contributed by atoms with Gasteiger partial charge in [0.05, 0.1) is 0 Å². The van der Waals surface area contributed by atoms with E-state index < -0.39 is 10.0 Å². The maximum atomic E-state index is 11.1. The smallest absolute Gasteiger partial charge is 0.214 e. The van der Waals surface area contributed by atoms with Crippen LogP contribution in [0.2, 0.25) is 0 Å². The summed E-state index contributed by atoms with van der Waals surface area (Å²) in [4.78, 5) is 0. The molecular formula is C8H16ClNO2S. The van der Waals surface area contributed by atoms with Crippen LogP contribution < -0.4 is 4.72 Å². The zero-order valence-corrected chi connectivity index (χ0v) is 9.42. The Hall–Kier alpha value is 0.200. The van der Waals surface area contributed by atoms with Gasteiger partial charge in [-0.2, -0.15) is 0 Å². The zero-order chi connectivity index (χ0) is 9.95. The van der Waals surface area contributed by atoms with Crippen molar-refractivity contribution in [3.8, 4) is 0 Å². The number of rotatable bonds is 4. The van der Waals surface area contributed by atoms with E-state index in [9.17, 15) is 8.42 Å². The van der Waals surface area contributed by atoms with Gasteiger partial charge in [-0.1, -0.05) is 19.8 Å². The summed E-state index contributed by atoms with van der Waals surface area (Å²) in [6.45, 7) is 2.65. The van der Waals surface area contributed by atoms with Crippen molar-refractivity contribution in [1.82, 2.24) is 4.72 Å². The first-order valence-electron chi connectivity index (χ1n) is 4.51. The molecule has 13 heavy (non-hydrogen) atoms. The number of sulfonamides is 1. The van der Waals surface area contributed by atoms with Crippen LogP contribution in [0.4, 0.5) is 0 Å². The monoisotopic (exact) mass is 225 g/mol. The molecule has 78 valence electrons. The van der Waals surface area contributed by atoms with Gasteiger partial charge in [0.1, 0.15) is 5.21 Å². The highest BCUT2D eigenvalue weighted by molar-refractivity contribution is 7.90. The molecule has 0 bridgehead atoms. The fraction of sp³-hybridized carbons (Fsp3) is 1.00. The van der Waals surface area contributed by atoms with Gasteiger partial charge >= 0.3 is 0 Å². The quantitative estimate of drug-likeness (QED) is 0.741. The molecule has 5 heteroatoms. The average molecular weight is 226 g/mol. The first kappa shape index (κ1) is 11.3. The van der Waals surface area contributed by atoms with Gasteiger partial charge in [0.15, 0.2) is 0 Å². The fourth-order valence-electron chi connectivity index (χ4n) is 1.73. The summed E-state index contributed by atoms with van der Waals surface area (Å²) in [5, 5.41) is -0.344. The molecule has 0 unspecified atom stereocenters. The topological polar surface area (TPSA) is 46.2 Å². The summed E-state index contributed by atoms with van der Waals surface area (Å²) in [6.07, 6.45) is 4.63. The standard InChI is InChI=1S/C8H16ClNO2S/c1-8(4-2-3-5-8)6-10-13(11,12)7-9/h10H,2-7H2,1H3. The third-order valence-corrected chi connectivity index (χ3v) is 4.41. The Kier molecular flexibility index (Phi) is 3.60. The first-order valence-corrected chi connectivity index (χ1v) is 6.69. The molecule has 0 aromatic carbocycles. The highest BCUT2D eigenvalue weighted by atomic mass is 35.5. The van der Waals surface area contributed by atoms with Crippen molar-refractivity contribution < 1.29 is 8.42 Å². The molecule has 0 atom stereocenters. The van der Waals surface area contributed by atoms with E-state index in [1.165, 1.54) is 12.8 Å². The molecule has 1 fully saturated rings. The minimum absolute atomic E-state index is 0.152. The predicted octanol–water partition coefficient (Wildman–Crippen LogP) is 1.68. The SMILES string of the molecule is CC1(CNS(=O)(=O)CCl)CCCC1. The number of nitrogens with one attached hydrogen (secondary N) is 1. The Labute approximate surface area is 84.9 Å².